The number of halogens is 2. The van der Waals surface area contributed by atoms with Gasteiger partial charge in [0.15, 0.2) is 11.6 Å². The van der Waals surface area contributed by atoms with Gasteiger partial charge in [0.25, 0.3) is 5.91 Å². The zero-order chi connectivity index (χ0) is 22.4. The van der Waals surface area contributed by atoms with Crippen LogP contribution in [0, 0.1) is 11.6 Å². The number of carbonyl (C=O) groups excluding carboxylic acids is 1. The maximum atomic E-state index is 14.2. The van der Waals surface area contributed by atoms with Crippen molar-refractivity contribution >= 4 is 27.6 Å². The molecule has 4 aromatic rings. The van der Waals surface area contributed by atoms with Gasteiger partial charge in [-0.25, -0.2) is 18.7 Å². The van der Waals surface area contributed by atoms with Crippen LogP contribution in [0.2, 0.25) is 0 Å². The quantitative estimate of drug-likeness (QED) is 0.429. The number of nitrogens with two attached hydrogens (primary N) is 1. The number of thiazole rings is 1. The number of ether oxygens (including phenoxy) is 1. The van der Waals surface area contributed by atoms with Crippen molar-refractivity contribution in [3.63, 3.8) is 0 Å². The van der Waals surface area contributed by atoms with Crippen LogP contribution in [-0.4, -0.2) is 15.9 Å². The van der Waals surface area contributed by atoms with Gasteiger partial charge in [0.05, 0.1) is 0 Å². The van der Waals surface area contributed by atoms with Gasteiger partial charge >= 0.3 is 0 Å². The van der Waals surface area contributed by atoms with Crippen LogP contribution in [-0.2, 0) is 6.61 Å². The van der Waals surface area contributed by atoms with Crippen molar-refractivity contribution in [1.29, 1.82) is 0 Å². The second kappa shape index (κ2) is 10.1. The number of hydrogen-bond acceptors (Lipinski definition) is 5. The summed E-state index contributed by atoms with van der Waals surface area (Å²) in [5.41, 5.74) is 6.84. The third kappa shape index (κ3) is 5.21. The summed E-state index contributed by atoms with van der Waals surface area (Å²) < 4.78 is 33.2. The van der Waals surface area contributed by atoms with Crippen LogP contribution in [0.15, 0.2) is 54.7 Å². The summed E-state index contributed by atoms with van der Waals surface area (Å²) >= 11 is 1.30. The molecule has 0 fully saturated rings. The van der Waals surface area contributed by atoms with Gasteiger partial charge in [-0.3, -0.25) is 4.79 Å². The zero-order valence-electron chi connectivity index (χ0n) is 17.1. The smallest absolute Gasteiger partial charge is 0.254 e. The van der Waals surface area contributed by atoms with Gasteiger partial charge in [-0.05, 0) is 23.8 Å². The Balaban J connectivity index is 0.000000858. The van der Waals surface area contributed by atoms with E-state index in [0.717, 1.165) is 28.1 Å². The van der Waals surface area contributed by atoms with Crippen LogP contribution >= 0.6 is 11.3 Å². The zero-order valence-corrected chi connectivity index (χ0v) is 17.9. The Morgan fingerprint density at radius 2 is 1.81 bits per heavy atom. The normalized spacial score (nSPS) is 10.5. The van der Waals surface area contributed by atoms with Gasteiger partial charge in [-0.1, -0.05) is 61.9 Å². The molecule has 0 atom stereocenters. The summed E-state index contributed by atoms with van der Waals surface area (Å²) in [6, 6.07) is 13.7. The number of amides is 1. The maximum absolute atomic E-state index is 14.2. The molecule has 0 radical (unpaired) electrons. The molecular formula is C23H21F2N3O2S. The molecule has 2 aromatic carbocycles. The van der Waals surface area contributed by atoms with Crippen LogP contribution in [0.5, 0.6) is 5.75 Å². The molecule has 0 aliphatic heterocycles. The molecule has 5 nitrogen and oxygen atoms in total. The van der Waals surface area contributed by atoms with E-state index in [1.807, 2.05) is 36.4 Å². The van der Waals surface area contributed by atoms with E-state index in [2.05, 4.69) is 23.8 Å². The summed E-state index contributed by atoms with van der Waals surface area (Å²) in [6.45, 7) is 4.20. The number of carbonyl (C=O) groups is 1. The number of hydrogen-bond donors (Lipinski definition) is 1. The first-order valence-electron chi connectivity index (χ1n) is 9.66. The van der Waals surface area contributed by atoms with Gasteiger partial charge < -0.3 is 10.5 Å². The van der Waals surface area contributed by atoms with Crippen molar-refractivity contribution in [2.24, 2.45) is 5.73 Å². The van der Waals surface area contributed by atoms with Gasteiger partial charge in [0, 0.05) is 11.8 Å². The van der Waals surface area contributed by atoms with E-state index in [-0.39, 0.29) is 12.4 Å². The van der Waals surface area contributed by atoms with Crippen molar-refractivity contribution in [2.75, 3.05) is 0 Å². The highest BCUT2D eigenvalue weighted by atomic mass is 32.1. The lowest BCUT2D eigenvalue weighted by Gasteiger charge is -2.08. The average Bonchev–Trinajstić information content (AvgIpc) is 3.16. The molecule has 1 amide bonds. The first-order chi connectivity index (χ1) is 14.9. The molecule has 0 aliphatic carbocycles. The van der Waals surface area contributed by atoms with E-state index < -0.39 is 23.1 Å². The third-order valence-electron chi connectivity index (χ3n) is 4.05. The molecule has 2 aromatic heterocycles. The monoisotopic (exact) mass is 441 g/mol. The Morgan fingerprint density at radius 3 is 2.48 bits per heavy atom. The van der Waals surface area contributed by atoms with Gasteiger partial charge in [0.2, 0.25) is 0 Å². The molecule has 2 heterocycles. The van der Waals surface area contributed by atoms with Gasteiger partial charge in [0.1, 0.15) is 33.3 Å². The minimum Gasteiger partial charge on any atom is -0.483 e. The largest absolute Gasteiger partial charge is 0.483 e. The number of aromatic nitrogens is 2. The molecule has 0 unspecified atom stereocenters. The molecule has 8 heteroatoms. The fraction of sp³-hybridized carbons (Fsp3) is 0.174. The van der Waals surface area contributed by atoms with E-state index in [9.17, 15) is 13.6 Å². The molecule has 0 aliphatic rings. The summed E-state index contributed by atoms with van der Waals surface area (Å²) in [4.78, 5) is 20.8. The highest BCUT2D eigenvalue weighted by Gasteiger charge is 2.19. The second-order valence-corrected chi connectivity index (χ2v) is 7.68. The highest BCUT2D eigenvalue weighted by molar-refractivity contribution is 7.18. The molecule has 4 rings (SSSR count). The van der Waals surface area contributed by atoms with Crippen molar-refractivity contribution in [1.82, 2.24) is 9.97 Å². The molecular weight excluding hydrogens is 420 g/mol. The minimum absolute atomic E-state index is 0.0531. The predicted octanol–water partition coefficient (Wildman–Crippen LogP) is 5.73. The summed E-state index contributed by atoms with van der Waals surface area (Å²) in [5, 5.41) is 0.567. The predicted molar refractivity (Wildman–Crippen MR) is 118 cm³/mol. The molecule has 2 N–H and O–H groups in total. The summed E-state index contributed by atoms with van der Waals surface area (Å²) in [5.74, 6) is -3.63. The summed E-state index contributed by atoms with van der Waals surface area (Å²) in [6.07, 6.45) is 3.01. The number of rotatable bonds is 5. The van der Waals surface area contributed by atoms with E-state index in [1.165, 1.54) is 17.8 Å². The molecule has 31 heavy (non-hydrogen) atoms. The van der Waals surface area contributed by atoms with Crippen LogP contribution in [0.4, 0.5) is 8.78 Å². The van der Waals surface area contributed by atoms with Crippen molar-refractivity contribution in [2.45, 2.75) is 26.9 Å². The fourth-order valence-electron chi connectivity index (χ4n) is 2.73. The lowest BCUT2D eigenvalue weighted by molar-refractivity contribution is 0.0991. The molecule has 160 valence electrons. The maximum Gasteiger partial charge on any atom is 0.254 e. The fourth-order valence-corrected chi connectivity index (χ4v) is 3.53. The summed E-state index contributed by atoms with van der Waals surface area (Å²) in [7, 11) is 0. The van der Waals surface area contributed by atoms with Crippen LogP contribution in [0.3, 0.4) is 0 Å². The first-order valence-corrected chi connectivity index (χ1v) is 10.5. The lowest BCUT2D eigenvalue weighted by atomic mass is 10.1. The van der Waals surface area contributed by atoms with E-state index >= 15 is 0 Å². The Hall–Kier alpha value is -3.39. The lowest BCUT2D eigenvalue weighted by Crippen LogP contribution is -2.16. The van der Waals surface area contributed by atoms with Crippen LogP contribution in [0.25, 0.3) is 21.5 Å². The van der Waals surface area contributed by atoms with Crippen molar-refractivity contribution in [3.05, 3.63) is 76.9 Å². The number of pyridine rings is 1. The third-order valence-corrected chi connectivity index (χ3v) is 5.00. The topological polar surface area (TPSA) is 78.1 Å². The number of fused-ring (bicyclic) bond motifs is 1. The van der Waals surface area contributed by atoms with Crippen molar-refractivity contribution in [3.8, 4) is 16.9 Å². The number of nitrogens with zero attached hydrogens (tertiary/aromatic N) is 2. The average molecular weight is 442 g/mol. The van der Waals surface area contributed by atoms with Gasteiger partial charge in [-0.15, -0.1) is 0 Å². The van der Waals surface area contributed by atoms with E-state index in [1.54, 1.807) is 6.20 Å². The van der Waals surface area contributed by atoms with Crippen LogP contribution < -0.4 is 10.5 Å². The second-order valence-electron chi connectivity index (χ2n) is 6.62. The Morgan fingerprint density at radius 1 is 1.10 bits per heavy atom. The first kappa shape index (κ1) is 22.3. The molecule has 0 saturated heterocycles. The molecule has 0 saturated carbocycles. The minimum atomic E-state index is -1.20. The van der Waals surface area contributed by atoms with E-state index in [4.69, 9.17) is 10.5 Å². The van der Waals surface area contributed by atoms with E-state index in [0.29, 0.717) is 10.5 Å². The Kier molecular flexibility index (Phi) is 7.25. The van der Waals surface area contributed by atoms with Crippen molar-refractivity contribution < 1.29 is 18.3 Å². The van der Waals surface area contributed by atoms with Crippen LogP contribution in [0.1, 0.15) is 35.6 Å². The number of benzene rings is 2. The molecule has 0 bridgehead atoms. The molecule has 0 spiro atoms. The van der Waals surface area contributed by atoms with Gasteiger partial charge in [-0.2, -0.15) is 0 Å². The Bertz CT molecular complexity index is 1200. The number of primary amides is 1. The Labute approximate surface area is 182 Å². The standard InChI is InChI=1S/C20H13F2N3O2S.C3H8/c21-13-6-7-15(18(22)17(13)19(23)26)27-10-16-25-14-8-12(9-24-20(14)28-16)11-4-2-1-3-5-11;1-3-2/h1-9H,10H2,(H2,23,26);3H2,1-2H3. The highest BCUT2D eigenvalue weighted by Crippen LogP contribution is 2.28. The SMILES string of the molecule is CCC.NC(=O)c1c(F)ccc(OCc2nc3cc(-c4ccccc4)cnc3s2)c1F.